The van der Waals surface area contributed by atoms with E-state index in [0.717, 1.165) is 12.3 Å². The third-order valence-corrected chi connectivity index (χ3v) is 7.33. The van der Waals surface area contributed by atoms with Gasteiger partial charge in [-0.05, 0) is 62.8 Å². The Balaban J connectivity index is 1.36. The molecule has 2 amide bonds. The van der Waals surface area contributed by atoms with Crippen molar-refractivity contribution >= 4 is 41.2 Å². The summed E-state index contributed by atoms with van der Waals surface area (Å²) in [5.74, 6) is 0.538. The molecule has 2 aliphatic carbocycles. The van der Waals surface area contributed by atoms with Crippen LogP contribution < -0.4 is 15.4 Å². The highest BCUT2D eigenvalue weighted by Crippen LogP contribution is 2.44. The van der Waals surface area contributed by atoms with Crippen molar-refractivity contribution in [3.63, 3.8) is 0 Å². The second kappa shape index (κ2) is 8.18. The molecule has 1 aromatic carbocycles. The Hall–Kier alpha value is -1.35. The number of rotatable bonds is 4. The summed E-state index contributed by atoms with van der Waals surface area (Å²) in [5, 5.41) is 5.91. The molecule has 5 unspecified atom stereocenters. The highest BCUT2D eigenvalue weighted by atomic mass is 35.5. The van der Waals surface area contributed by atoms with Crippen LogP contribution >= 0.6 is 23.7 Å². The normalized spacial score (nSPS) is 32.3. The van der Waals surface area contributed by atoms with Crippen LogP contribution in [0.3, 0.4) is 0 Å². The van der Waals surface area contributed by atoms with E-state index in [9.17, 15) is 14.0 Å². The largest absolute Gasteiger partial charge is 0.352 e. The Morgan fingerprint density at radius 2 is 2.07 bits per heavy atom. The summed E-state index contributed by atoms with van der Waals surface area (Å²) in [6.45, 7) is 0. The number of anilines is 1. The summed E-state index contributed by atoms with van der Waals surface area (Å²) in [6.07, 6.45) is 5.15. The van der Waals surface area contributed by atoms with Gasteiger partial charge in [0.15, 0.2) is 0 Å². The van der Waals surface area contributed by atoms with E-state index >= 15 is 0 Å². The van der Waals surface area contributed by atoms with Crippen LogP contribution in [-0.2, 0) is 9.59 Å². The lowest BCUT2D eigenvalue weighted by molar-refractivity contribution is -0.125. The first kappa shape index (κ1) is 19.9. The molecule has 3 fully saturated rings. The monoisotopic (exact) mass is 426 g/mol. The zero-order valence-corrected chi connectivity index (χ0v) is 17.2. The van der Waals surface area contributed by atoms with E-state index < -0.39 is 17.9 Å². The number of nitrogens with zero attached hydrogens (tertiary/aromatic N) is 1. The lowest BCUT2D eigenvalue weighted by atomic mass is 9.95. The molecule has 5 atom stereocenters. The van der Waals surface area contributed by atoms with Gasteiger partial charge in [-0.1, -0.05) is 18.0 Å². The quantitative estimate of drug-likeness (QED) is 0.645. The standard InChI is InChI=1S/C19H24ClFN4O2S/c1-25-17(19(27)22-12-4-5-14(21)13(20)8-12)9-16(24-28-25)18(26)23-15-7-10-2-3-11(15)6-10/h4-5,8,10-11,15-17,24H,2-3,6-7,9H2,1H3,(H,22,27)(H,23,26). The summed E-state index contributed by atoms with van der Waals surface area (Å²) in [6, 6.07) is 3.39. The van der Waals surface area contributed by atoms with E-state index in [1.165, 1.54) is 49.6 Å². The average Bonchev–Trinajstić information content (AvgIpc) is 3.28. The van der Waals surface area contributed by atoms with Crippen molar-refractivity contribution in [2.75, 3.05) is 12.4 Å². The van der Waals surface area contributed by atoms with Gasteiger partial charge in [0.25, 0.3) is 0 Å². The topological polar surface area (TPSA) is 73.5 Å². The zero-order chi connectivity index (χ0) is 19.8. The van der Waals surface area contributed by atoms with Gasteiger partial charge in [0, 0.05) is 23.9 Å². The molecule has 0 spiro atoms. The van der Waals surface area contributed by atoms with Crippen molar-refractivity contribution in [1.29, 1.82) is 0 Å². The van der Waals surface area contributed by atoms with Crippen molar-refractivity contribution in [2.45, 2.75) is 50.2 Å². The van der Waals surface area contributed by atoms with E-state index in [1.54, 1.807) is 11.4 Å². The Bertz CT molecular complexity index is 782. The van der Waals surface area contributed by atoms with Gasteiger partial charge in [0.1, 0.15) is 11.9 Å². The maximum absolute atomic E-state index is 13.3. The van der Waals surface area contributed by atoms with Gasteiger partial charge in [0.2, 0.25) is 11.8 Å². The molecule has 28 heavy (non-hydrogen) atoms. The van der Waals surface area contributed by atoms with Gasteiger partial charge in [-0.15, -0.1) is 0 Å². The van der Waals surface area contributed by atoms with Crippen molar-refractivity contribution in [3.05, 3.63) is 29.0 Å². The number of carbonyl (C=O) groups excluding carboxylic acids is 2. The lowest BCUT2D eigenvalue weighted by Crippen LogP contribution is -2.55. The number of halogens is 2. The van der Waals surface area contributed by atoms with E-state index in [2.05, 4.69) is 15.4 Å². The van der Waals surface area contributed by atoms with Gasteiger partial charge in [-0.25, -0.2) is 13.4 Å². The van der Waals surface area contributed by atoms with E-state index in [4.69, 9.17) is 11.6 Å². The third kappa shape index (κ3) is 4.15. The van der Waals surface area contributed by atoms with Gasteiger partial charge in [0.05, 0.1) is 11.1 Å². The van der Waals surface area contributed by atoms with Crippen LogP contribution in [0, 0.1) is 17.7 Å². The van der Waals surface area contributed by atoms with Crippen LogP contribution in [0.2, 0.25) is 5.02 Å². The van der Waals surface area contributed by atoms with Gasteiger partial charge in [-0.3, -0.25) is 9.59 Å². The van der Waals surface area contributed by atoms with Crippen LogP contribution in [-0.4, -0.2) is 41.3 Å². The molecule has 3 N–H and O–H groups in total. The minimum atomic E-state index is -0.536. The number of nitrogens with one attached hydrogen (secondary N) is 3. The fourth-order valence-corrected chi connectivity index (χ4v) is 5.55. The van der Waals surface area contributed by atoms with Crippen molar-refractivity contribution < 1.29 is 14.0 Å². The summed E-state index contributed by atoms with van der Waals surface area (Å²) in [7, 11) is 1.80. The maximum Gasteiger partial charge on any atom is 0.242 e. The van der Waals surface area contributed by atoms with Crippen LogP contribution in [0.4, 0.5) is 10.1 Å². The van der Waals surface area contributed by atoms with Crippen LogP contribution in [0.25, 0.3) is 0 Å². The number of amides is 2. The van der Waals surface area contributed by atoms with E-state index in [-0.39, 0.29) is 22.9 Å². The fourth-order valence-electron chi connectivity index (χ4n) is 4.57. The Labute approximate surface area is 173 Å². The molecule has 1 heterocycles. The molecule has 2 bridgehead atoms. The number of fused-ring (bicyclic) bond motifs is 2. The fraction of sp³-hybridized carbons (Fsp3) is 0.579. The van der Waals surface area contributed by atoms with Crippen molar-refractivity contribution in [1.82, 2.24) is 14.3 Å². The van der Waals surface area contributed by atoms with E-state index in [0.29, 0.717) is 18.0 Å². The molecule has 4 rings (SSSR count). The summed E-state index contributed by atoms with van der Waals surface area (Å²) in [5.41, 5.74) is 0.427. The summed E-state index contributed by atoms with van der Waals surface area (Å²) >= 11 is 7.04. The minimum Gasteiger partial charge on any atom is -0.352 e. The molecule has 1 saturated heterocycles. The van der Waals surface area contributed by atoms with E-state index in [1.807, 2.05) is 0 Å². The third-order valence-electron chi connectivity index (χ3n) is 6.11. The first-order chi connectivity index (χ1) is 13.4. The number of hydrogen-bond acceptors (Lipinski definition) is 5. The second-order valence-corrected chi connectivity index (χ2v) is 9.37. The van der Waals surface area contributed by atoms with Crippen LogP contribution in [0.5, 0.6) is 0 Å². The molecule has 6 nitrogen and oxygen atoms in total. The predicted octanol–water partition coefficient (Wildman–Crippen LogP) is 2.95. The highest BCUT2D eigenvalue weighted by molar-refractivity contribution is 7.95. The molecule has 152 valence electrons. The molecule has 0 radical (unpaired) electrons. The van der Waals surface area contributed by atoms with Gasteiger partial charge in [-0.2, -0.15) is 0 Å². The first-order valence-corrected chi connectivity index (χ1v) is 10.8. The Morgan fingerprint density at radius 3 is 2.75 bits per heavy atom. The predicted molar refractivity (Wildman–Crippen MR) is 108 cm³/mol. The van der Waals surface area contributed by atoms with Crippen molar-refractivity contribution in [3.8, 4) is 0 Å². The SMILES string of the molecule is CN1SNC(C(=O)NC2CC3CCC2C3)CC1C(=O)Nc1ccc(F)c(Cl)c1. The molecular formula is C19H24ClFN4O2S. The highest BCUT2D eigenvalue weighted by Gasteiger charge is 2.42. The van der Waals surface area contributed by atoms with Crippen LogP contribution in [0.15, 0.2) is 18.2 Å². The summed E-state index contributed by atoms with van der Waals surface area (Å²) in [4.78, 5) is 25.5. The number of benzene rings is 1. The maximum atomic E-state index is 13.3. The average molecular weight is 427 g/mol. The molecular weight excluding hydrogens is 403 g/mol. The molecule has 0 aromatic heterocycles. The van der Waals surface area contributed by atoms with Crippen LogP contribution in [0.1, 0.15) is 32.1 Å². The minimum absolute atomic E-state index is 0.0409. The summed E-state index contributed by atoms with van der Waals surface area (Å²) < 4.78 is 18.2. The Morgan fingerprint density at radius 1 is 1.25 bits per heavy atom. The number of likely N-dealkylation sites (N-methyl/N-ethyl adjacent to an activating group) is 1. The molecule has 3 aliphatic rings. The molecule has 2 saturated carbocycles. The van der Waals surface area contributed by atoms with Gasteiger partial charge < -0.3 is 10.6 Å². The number of hydrogen-bond donors (Lipinski definition) is 3. The molecule has 9 heteroatoms. The van der Waals surface area contributed by atoms with Gasteiger partial charge >= 0.3 is 0 Å². The lowest BCUT2D eigenvalue weighted by Gasteiger charge is -2.35. The smallest absolute Gasteiger partial charge is 0.242 e. The Kier molecular flexibility index (Phi) is 5.83. The number of carbonyl (C=O) groups is 2. The second-order valence-electron chi connectivity index (χ2n) is 7.97. The van der Waals surface area contributed by atoms with Crippen molar-refractivity contribution in [2.24, 2.45) is 11.8 Å². The molecule has 1 aromatic rings. The zero-order valence-electron chi connectivity index (χ0n) is 15.6. The first-order valence-electron chi connectivity index (χ1n) is 9.62. The molecule has 1 aliphatic heterocycles.